The van der Waals surface area contributed by atoms with Gasteiger partial charge in [0, 0.05) is 17.6 Å². The van der Waals surface area contributed by atoms with Crippen molar-refractivity contribution in [2.75, 3.05) is 7.05 Å². The summed E-state index contributed by atoms with van der Waals surface area (Å²) in [7, 11) is -2.06. The molecular formula is C12H15BrN2O2S. The lowest BCUT2D eigenvalue weighted by Gasteiger charge is -2.22. The van der Waals surface area contributed by atoms with E-state index in [1.807, 2.05) is 19.1 Å². The summed E-state index contributed by atoms with van der Waals surface area (Å²) in [5.41, 5.74) is 0.865. The summed E-state index contributed by atoms with van der Waals surface area (Å²) in [6.45, 7) is 3.55. The first-order valence-corrected chi connectivity index (χ1v) is 7.64. The molecule has 18 heavy (non-hydrogen) atoms. The van der Waals surface area contributed by atoms with Crippen LogP contribution in [0, 0.1) is 18.3 Å². The first-order chi connectivity index (χ1) is 8.28. The second-order valence-corrected chi connectivity index (χ2v) is 7.11. The summed E-state index contributed by atoms with van der Waals surface area (Å²) in [6, 6.07) is 6.66. The van der Waals surface area contributed by atoms with Crippen LogP contribution in [-0.2, 0) is 10.0 Å². The van der Waals surface area contributed by atoms with Crippen LogP contribution in [0.25, 0.3) is 0 Å². The van der Waals surface area contributed by atoms with Crippen molar-refractivity contribution in [3.8, 4) is 6.07 Å². The van der Waals surface area contributed by atoms with Gasteiger partial charge in [0.1, 0.15) is 0 Å². The van der Waals surface area contributed by atoms with Crippen LogP contribution in [0.5, 0.6) is 0 Å². The lowest BCUT2D eigenvalue weighted by molar-refractivity contribution is 0.393. The lowest BCUT2D eigenvalue weighted by atomic mass is 10.2. The summed E-state index contributed by atoms with van der Waals surface area (Å²) < 4.78 is 26.7. The molecule has 1 aromatic rings. The molecule has 0 aliphatic carbocycles. The van der Waals surface area contributed by atoms with Crippen molar-refractivity contribution in [1.82, 2.24) is 4.31 Å². The fraction of sp³-hybridized carbons (Fsp3) is 0.417. The molecule has 0 spiro atoms. The second-order valence-electron chi connectivity index (χ2n) is 4.20. The van der Waals surface area contributed by atoms with E-state index in [1.54, 1.807) is 19.1 Å². The maximum atomic E-state index is 12.3. The molecule has 0 fully saturated rings. The Labute approximate surface area is 116 Å². The molecule has 0 saturated carbocycles. The topological polar surface area (TPSA) is 61.2 Å². The minimum Gasteiger partial charge on any atom is -0.207 e. The average molecular weight is 331 g/mol. The number of benzene rings is 1. The maximum Gasteiger partial charge on any atom is 0.243 e. The van der Waals surface area contributed by atoms with Gasteiger partial charge < -0.3 is 0 Å². The predicted octanol–water partition coefficient (Wildman–Crippen LogP) is 2.68. The molecule has 1 rings (SSSR count). The first-order valence-electron chi connectivity index (χ1n) is 5.41. The van der Waals surface area contributed by atoms with E-state index in [2.05, 4.69) is 15.9 Å². The van der Waals surface area contributed by atoms with E-state index >= 15 is 0 Å². The number of nitrogens with zero attached hydrogens (tertiary/aromatic N) is 2. The number of rotatable bonds is 4. The Hall–Kier alpha value is -0.900. The Morgan fingerprint density at radius 3 is 2.56 bits per heavy atom. The Kier molecular flexibility index (Phi) is 4.91. The number of nitriles is 1. The zero-order chi connectivity index (χ0) is 13.9. The number of hydrogen-bond donors (Lipinski definition) is 0. The van der Waals surface area contributed by atoms with Crippen LogP contribution in [0.1, 0.15) is 18.9 Å². The van der Waals surface area contributed by atoms with Crippen LogP contribution in [0.4, 0.5) is 0 Å². The number of sulfonamides is 1. The third-order valence-corrected chi connectivity index (χ3v) is 5.11. The molecule has 0 aromatic heterocycles. The highest BCUT2D eigenvalue weighted by atomic mass is 79.9. The van der Waals surface area contributed by atoms with E-state index < -0.39 is 10.0 Å². The lowest BCUT2D eigenvalue weighted by Crippen LogP contribution is -2.34. The van der Waals surface area contributed by atoms with Crippen molar-refractivity contribution in [3.63, 3.8) is 0 Å². The van der Waals surface area contributed by atoms with E-state index in [1.165, 1.54) is 11.4 Å². The second kappa shape index (κ2) is 5.83. The minimum absolute atomic E-state index is 0.169. The quantitative estimate of drug-likeness (QED) is 0.852. The molecule has 0 aliphatic rings. The monoisotopic (exact) mass is 330 g/mol. The van der Waals surface area contributed by atoms with E-state index in [9.17, 15) is 8.42 Å². The summed E-state index contributed by atoms with van der Waals surface area (Å²) in [4.78, 5) is 0.238. The molecular weight excluding hydrogens is 316 g/mol. The van der Waals surface area contributed by atoms with Crippen LogP contribution in [0.15, 0.2) is 27.6 Å². The highest BCUT2D eigenvalue weighted by Crippen LogP contribution is 2.23. The summed E-state index contributed by atoms with van der Waals surface area (Å²) >= 11 is 3.29. The van der Waals surface area contributed by atoms with Crippen LogP contribution in [-0.4, -0.2) is 25.8 Å². The van der Waals surface area contributed by atoms with Crippen LogP contribution >= 0.6 is 15.9 Å². The third-order valence-electron chi connectivity index (χ3n) is 2.70. The zero-order valence-corrected chi connectivity index (χ0v) is 12.9. The molecule has 1 aromatic carbocycles. The summed E-state index contributed by atoms with van der Waals surface area (Å²) in [6.07, 6.45) is 0.169. The molecule has 0 aliphatic heterocycles. The molecule has 0 heterocycles. The van der Waals surface area contributed by atoms with Gasteiger partial charge in [-0.05, 0) is 37.6 Å². The highest BCUT2D eigenvalue weighted by Gasteiger charge is 2.25. The predicted molar refractivity (Wildman–Crippen MR) is 73.5 cm³/mol. The van der Waals surface area contributed by atoms with E-state index in [0.717, 1.165) is 10.0 Å². The van der Waals surface area contributed by atoms with Crippen molar-refractivity contribution in [3.05, 3.63) is 28.2 Å². The van der Waals surface area contributed by atoms with Gasteiger partial charge in [-0.3, -0.25) is 0 Å². The van der Waals surface area contributed by atoms with Gasteiger partial charge in [0.2, 0.25) is 10.0 Å². The maximum absolute atomic E-state index is 12.3. The smallest absolute Gasteiger partial charge is 0.207 e. The van der Waals surface area contributed by atoms with Gasteiger partial charge in [-0.1, -0.05) is 15.9 Å². The molecule has 0 bridgehead atoms. The van der Waals surface area contributed by atoms with E-state index in [4.69, 9.17) is 5.26 Å². The highest BCUT2D eigenvalue weighted by molar-refractivity contribution is 9.10. The van der Waals surface area contributed by atoms with Gasteiger partial charge in [0.15, 0.2) is 0 Å². The van der Waals surface area contributed by atoms with Crippen LogP contribution < -0.4 is 0 Å². The largest absolute Gasteiger partial charge is 0.243 e. The van der Waals surface area contributed by atoms with Gasteiger partial charge in [-0.2, -0.15) is 9.57 Å². The van der Waals surface area contributed by atoms with E-state index in [-0.39, 0.29) is 17.4 Å². The number of halogens is 1. The van der Waals surface area contributed by atoms with Crippen molar-refractivity contribution in [2.45, 2.75) is 31.2 Å². The molecule has 6 heteroatoms. The molecule has 0 saturated heterocycles. The SMILES string of the molecule is Cc1cc(Br)cc(S(=O)(=O)N(C)[C@@H](C)CC#N)c1. The summed E-state index contributed by atoms with van der Waals surface area (Å²) in [5.74, 6) is 0. The standard InChI is InChI=1S/C12H15BrN2O2S/c1-9-6-11(13)8-12(7-9)18(16,17)15(3)10(2)4-5-14/h6-8,10H,4H2,1-3H3/t10-/m0/s1. The zero-order valence-electron chi connectivity index (χ0n) is 10.5. The van der Waals surface area contributed by atoms with Gasteiger partial charge >= 0.3 is 0 Å². The van der Waals surface area contributed by atoms with Crippen molar-refractivity contribution in [2.24, 2.45) is 0 Å². The van der Waals surface area contributed by atoms with Crippen LogP contribution in [0.3, 0.4) is 0 Å². The number of hydrogen-bond acceptors (Lipinski definition) is 3. The van der Waals surface area contributed by atoms with Crippen molar-refractivity contribution < 1.29 is 8.42 Å². The van der Waals surface area contributed by atoms with Gasteiger partial charge in [0.25, 0.3) is 0 Å². The normalized spacial score (nSPS) is 13.3. The Balaban J connectivity index is 3.17. The molecule has 98 valence electrons. The van der Waals surface area contributed by atoms with Crippen LogP contribution in [0.2, 0.25) is 0 Å². The van der Waals surface area contributed by atoms with Gasteiger partial charge in [0.05, 0.1) is 17.4 Å². The van der Waals surface area contributed by atoms with Gasteiger partial charge in [-0.15, -0.1) is 0 Å². The Bertz CT molecular complexity index is 558. The fourth-order valence-electron chi connectivity index (χ4n) is 1.52. The minimum atomic E-state index is -3.55. The fourth-order valence-corrected chi connectivity index (χ4v) is 3.77. The molecule has 1 atom stereocenters. The van der Waals surface area contributed by atoms with E-state index in [0.29, 0.717) is 0 Å². The molecule has 0 unspecified atom stereocenters. The summed E-state index contributed by atoms with van der Waals surface area (Å²) in [5, 5.41) is 8.63. The average Bonchev–Trinajstić information content (AvgIpc) is 2.27. The Morgan fingerprint density at radius 2 is 2.06 bits per heavy atom. The molecule has 4 nitrogen and oxygen atoms in total. The first kappa shape index (κ1) is 15.2. The Morgan fingerprint density at radius 1 is 1.44 bits per heavy atom. The molecule has 0 amide bonds. The third kappa shape index (κ3) is 3.31. The molecule has 0 radical (unpaired) electrons. The molecule has 0 N–H and O–H groups in total. The van der Waals surface area contributed by atoms with Crippen molar-refractivity contribution >= 4 is 26.0 Å². The number of aryl methyl sites for hydroxylation is 1. The van der Waals surface area contributed by atoms with Gasteiger partial charge in [-0.25, -0.2) is 8.42 Å². The van der Waals surface area contributed by atoms with Crippen molar-refractivity contribution in [1.29, 1.82) is 5.26 Å².